The summed E-state index contributed by atoms with van der Waals surface area (Å²) in [6.45, 7) is 18.8. The molecular formula is C32H54O8Sn. The fraction of sp³-hybridized carbons (Fsp3) is 0.688. The van der Waals surface area contributed by atoms with Crippen LogP contribution in [0.2, 0.25) is 13.3 Å². The van der Waals surface area contributed by atoms with Gasteiger partial charge in [0.05, 0.1) is 0 Å². The average Bonchev–Trinajstić information content (AvgIpc) is 2.92. The van der Waals surface area contributed by atoms with Crippen molar-refractivity contribution < 1.29 is 38.1 Å². The Morgan fingerprint density at radius 3 is 1.29 bits per heavy atom. The molecule has 0 rings (SSSR count). The predicted molar refractivity (Wildman–Crippen MR) is 165 cm³/mol. The first-order valence-electron chi connectivity index (χ1n) is 15.4. The van der Waals surface area contributed by atoms with E-state index in [0.717, 1.165) is 51.8 Å². The van der Waals surface area contributed by atoms with E-state index in [1.54, 1.807) is 34.6 Å². The monoisotopic (exact) mass is 686 g/mol. The molecule has 0 unspecified atom stereocenters. The molecule has 0 aromatic carbocycles. The molecule has 0 radical (unpaired) electrons. The van der Waals surface area contributed by atoms with Crippen LogP contribution in [0.25, 0.3) is 0 Å². The Bertz CT molecular complexity index is 926. The summed E-state index contributed by atoms with van der Waals surface area (Å²) >= 11 is -3.87. The molecule has 0 aromatic rings. The summed E-state index contributed by atoms with van der Waals surface area (Å²) in [6.07, 6.45) is 5.39. The maximum atomic E-state index is 14.1. The minimum atomic E-state index is -3.87. The third-order valence-corrected chi connectivity index (χ3v) is 22.3. The Hall–Kier alpha value is -2.10. The van der Waals surface area contributed by atoms with Gasteiger partial charge in [-0.2, -0.15) is 0 Å². The standard InChI is InChI=1S/C20H27O8.3C4H9.Sn/c1-7-25-16(21)12-15(19(23)27-9-3)17(20(24)28-10-4)14(11-13(5)6)18(22)26-8-2;3*1-3-4-2;/h5,7-11H2,1-4,6H3;3*1,3-4H2,2H3;/b15-12?,17-14-;;;;. The molecule has 0 saturated carbocycles. The van der Waals surface area contributed by atoms with Crippen LogP contribution in [-0.4, -0.2) is 68.7 Å². The first-order chi connectivity index (χ1) is 19.5. The second kappa shape index (κ2) is 21.6. The number of carbonyl (C=O) groups is 4. The summed E-state index contributed by atoms with van der Waals surface area (Å²) in [4.78, 5) is 55.3. The van der Waals surface area contributed by atoms with Crippen molar-refractivity contribution in [3.05, 3.63) is 32.5 Å². The molecule has 0 aliphatic carbocycles. The van der Waals surface area contributed by atoms with Crippen molar-refractivity contribution in [2.45, 2.75) is 114 Å². The first kappa shape index (κ1) is 38.9. The summed E-state index contributed by atoms with van der Waals surface area (Å²) in [7, 11) is 0. The normalized spacial score (nSPS) is 12.6. The predicted octanol–water partition coefficient (Wildman–Crippen LogP) is 7.19. The number of esters is 4. The van der Waals surface area contributed by atoms with Crippen LogP contribution in [0.5, 0.6) is 0 Å². The van der Waals surface area contributed by atoms with Crippen LogP contribution in [0.15, 0.2) is 32.5 Å². The molecule has 41 heavy (non-hydrogen) atoms. The molecule has 0 aliphatic rings. The van der Waals surface area contributed by atoms with E-state index >= 15 is 0 Å². The Morgan fingerprint density at radius 1 is 0.561 bits per heavy atom. The zero-order valence-corrected chi connectivity index (χ0v) is 29.7. The van der Waals surface area contributed by atoms with E-state index in [9.17, 15) is 19.2 Å². The zero-order valence-electron chi connectivity index (χ0n) is 26.9. The molecule has 8 nitrogen and oxygen atoms in total. The van der Waals surface area contributed by atoms with Gasteiger partial charge in [0.15, 0.2) is 0 Å². The van der Waals surface area contributed by atoms with Gasteiger partial charge in [0.25, 0.3) is 0 Å². The van der Waals surface area contributed by atoms with Crippen molar-refractivity contribution >= 4 is 42.3 Å². The Labute approximate surface area is 252 Å². The number of allylic oxidation sites excluding steroid dienone is 1. The molecule has 0 amide bonds. The molecule has 0 aromatic heterocycles. The number of hydrogen-bond acceptors (Lipinski definition) is 8. The molecule has 0 saturated heterocycles. The molecule has 9 heteroatoms. The van der Waals surface area contributed by atoms with Crippen LogP contribution in [-0.2, 0) is 38.1 Å². The van der Waals surface area contributed by atoms with E-state index in [-0.39, 0.29) is 49.6 Å². The Balaban J connectivity index is 8.53. The second-order valence-electron chi connectivity index (χ2n) is 10.2. The minimum absolute atomic E-state index is 0.00623. The quantitative estimate of drug-likeness (QED) is 0.0313. The topological polar surface area (TPSA) is 105 Å². The van der Waals surface area contributed by atoms with Gasteiger partial charge in [-0.3, -0.25) is 0 Å². The van der Waals surface area contributed by atoms with Crippen LogP contribution in [0.4, 0.5) is 0 Å². The molecule has 0 heterocycles. The maximum absolute atomic E-state index is 14.1. The fourth-order valence-electron chi connectivity index (χ4n) is 4.98. The third kappa shape index (κ3) is 12.3. The van der Waals surface area contributed by atoms with E-state index in [4.69, 9.17) is 18.9 Å². The summed E-state index contributed by atoms with van der Waals surface area (Å²) in [6, 6.07) is 0. The number of unbranched alkanes of at least 4 members (excludes halogenated alkanes) is 3. The zero-order chi connectivity index (χ0) is 31.4. The first-order valence-corrected chi connectivity index (χ1v) is 22.8. The summed E-state index contributed by atoms with van der Waals surface area (Å²) < 4.78 is 24.7. The summed E-state index contributed by atoms with van der Waals surface area (Å²) in [5.74, 6) is -3.06. The Kier molecular flexibility index (Phi) is 20.5. The Morgan fingerprint density at radius 2 is 0.927 bits per heavy atom. The molecule has 0 spiro atoms. The van der Waals surface area contributed by atoms with Gasteiger partial charge in [-0.25, -0.2) is 0 Å². The van der Waals surface area contributed by atoms with Gasteiger partial charge < -0.3 is 0 Å². The van der Waals surface area contributed by atoms with Crippen LogP contribution in [0.1, 0.15) is 100 Å². The van der Waals surface area contributed by atoms with Crippen LogP contribution < -0.4 is 0 Å². The third-order valence-electron chi connectivity index (χ3n) is 6.80. The van der Waals surface area contributed by atoms with Crippen molar-refractivity contribution in [2.24, 2.45) is 0 Å². The number of hydrogen-bond donors (Lipinski definition) is 0. The van der Waals surface area contributed by atoms with E-state index in [2.05, 4.69) is 27.4 Å². The molecule has 0 atom stereocenters. The van der Waals surface area contributed by atoms with Gasteiger partial charge >= 0.3 is 253 Å². The van der Waals surface area contributed by atoms with Gasteiger partial charge in [-0.05, 0) is 0 Å². The van der Waals surface area contributed by atoms with Crippen molar-refractivity contribution in [2.75, 3.05) is 26.4 Å². The van der Waals surface area contributed by atoms with Crippen LogP contribution in [0.3, 0.4) is 0 Å². The second-order valence-corrected chi connectivity index (χ2v) is 23.2. The van der Waals surface area contributed by atoms with E-state index in [1.165, 1.54) is 0 Å². The van der Waals surface area contributed by atoms with Gasteiger partial charge in [0.1, 0.15) is 0 Å². The van der Waals surface area contributed by atoms with Gasteiger partial charge in [-0.1, -0.05) is 0 Å². The average molecular weight is 685 g/mol. The summed E-state index contributed by atoms with van der Waals surface area (Å²) in [5.41, 5.74) is 0.0744. The number of rotatable bonds is 21. The molecular weight excluding hydrogens is 631 g/mol. The van der Waals surface area contributed by atoms with Gasteiger partial charge in [0, 0.05) is 0 Å². The molecule has 0 N–H and O–H groups in total. The number of carbonyl (C=O) groups excluding carboxylic acids is 4. The van der Waals surface area contributed by atoms with Crippen molar-refractivity contribution in [3.8, 4) is 0 Å². The van der Waals surface area contributed by atoms with Crippen LogP contribution >= 0.6 is 0 Å². The van der Waals surface area contributed by atoms with E-state index < -0.39 is 42.3 Å². The van der Waals surface area contributed by atoms with E-state index in [0.29, 0.717) is 9.16 Å². The fourth-order valence-corrected chi connectivity index (χ4v) is 21.7. The molecule has 0 fully saturated rings. The van der Waals surface area contributed by atoms with Crippen molar-refractivity contribution in [1.82, 2.24) is 0 Å². The molecule has 234 valence electrons. The van der Waals surface area contributed by atoms with Crippen molar-refractivity contribution in [1.29, 1.82) is 0 Å². The van der Waals surface area contributed by atoms with E-state index in [1.807, 2.05) is 0 Å². The number of ether oxygens (including phenoxy) is 4. The van der Waals surface area contributed by atoms with Crippen LogP contribution in [0, 0.1) is 0 Å². The van der Waals surface area contributed by atoms with Gasteiger partial charge in [-0.15, -0.1) is 0 Å². The SMILES string of the molecule is C=C(C)C/C(C(=O)OCC)=C(C(=O)OCC)\C(C(=O)OCC)=[C](\C(=O)OCC)[Sn]([CH2]CCC)([CH2]CCC)[CH2]CCC. The van der Waals surface area contributed by atoms with Crippen molar-refractivity contribution in [3.63, 3.8) is 0 Å². The molecule has 0 aliphatic heterocycles. The van der Waals surface area contributed by atoms with Gasteiger partial charge in [0.2, 0.25) is 0 Å². The molecule has 0 bridgehead atoms. The summed E-state index contributed by atoms with van der Waals surface area (Å²) in [5, 5.41) is 0.